The van der Waals surface area contributed by atoms with E-state index in [-0.39, 0.29) is 28.3 Å². The van der Waals surface area contributed by atoms with Crippen LogP contribution < -0.4 is 15.2 Å². The van der Waals surface area contributed by atoms with Gasteiger partial charge in [-0.25, -0.2) is 9.59 Å². The average molecular weight is 381 g/mol. The Labute approximate surface area is 168 Å². The van der Waals surface area contributed by atoms with E-state index in [0.717, 1.165) is 0 Å². The summed E-state index contributed by atoms with van der Waals surface area (Å²) in [5.74, 6) is 4.11. The lowest BCUT2D eigenvalue weighted by atomic mass is 10.1. The van der Waals surface area contributed by atoms with Crippen molar-refractivity contribution in [2.45, 2.75) is 0 Å². The molecule has 5 heteroatoms. The highest BCUT2D eigenvalue weighted by atomic mass is 16.5. The van der Waals surface area contributed by atoms with Crippen LogP contribution in [0, 0.1) is 24.7 Å². The fourth-order valence-corrected chi connectivity index (χ4v) is 2.52. The molecule has 0 aliphatic rings. The third-order valence-corrected chi connectivity index (χ3v) is 3.85. The summed E-state index contributed by atoms with van der Waals surface area (Å²) in [7, 11) is 0. The Morgan fingerprint density at radius 3 is 1.59 bits per heavy atom. The smallest absolute Gasteiger partial charge is 0.343 e. The zero-order chi connectivity index (χ0) is 20.8. The predicted octanol–water partition coefficient (Wildman–Crippen LogP) is 3.67. The van der Waals surface area contributed by atoms with E-state index in [1.54, 1.807) is 48.5 Å². The predicted molar refractivity (Wildman–Crippen MR) is 110 cm³/mol. The van der Waals surface area contributed by atoms with Gasteiger partial charge in [0.1, 0.15) is 11.5 Å². The molecule has 0 fully saturated rings. The van der Waals surface area contributed by atoms with Crippen LogP contribution >= 0.6 is 0 Å². The Morgan fingerprint density at radius 2 is 1.17 bits per heavy atom. The molecule has 3 rings (SSSR count). The van der Waals surface area contributed by atoms with E-state index in [0.29, 0.717) is 11.1 Å². The van der Waals surface area contributed by atoms with Gasteiger partial charge in [0, 0.05) is 16.8 Å². The SMILES string of the molecule is C#Cc1cccc(OC(=O)c2cc(N)cc(C(=O)Oc3cccc(C#C)c3)c2)c1. The van der Waals surface area contributed by atoms with Crippen LogP contribution in [0.5, 0.6) is 11.5 Å². The summed E-state index contributed by atoms with van der Waals surface area (Å²) < 4.78 is 10.6. The molecule has 0 aliphatic carbocycles. The summed E-state index contributed by atoms with van der Waals surface area (Å²) in [6.45, 7) is 0. The minimum atomic E-state index is -0.685. The molecular formula is C24H15NO4. The quantitative estimate of drug-likeness (QED) is 0.323. The van der Waals surface area contributed by atoms with Crippen LogP contribution in [-0.2, 0) is 0 Å². The molecule has 0 heterocycles. The number of esters is 2. The number of nitrogen functional groups attached to an aromatic ring is 1. The maximum atomic E-state index is 12.5. The Morgan fingerprint density at radius 1 is 0.724 bits per heavy atom. The zero-order valence-electron chi connectivity index (χ0n) is 15.2. The van der Waals surface area contributed by atoms with Gasteiger partial charge in [0.15, 0.2) is 0 Å². The maximum absolute atomic E-state index is 12.5. The van der Waals surface area contributed by atoms with Crippen LogP contribution in [0.4, 0.5) is 5.69 Å². The highest BCUT2D eigenvalue weighted by Crippen LogP contribution is 2.20. The standard InChI is InChI=1S/C24H15NO4/c1-3-16-7-5-9-21(11-16)28-23(26)18-13-19(15-20(25)14-18)24(27)29-22-10-6-8-17(4-2)12-22/h1-2,5-15H,25H2. The summed E-state index contributed by atoms with van der Waals surface area (Å²) in [5, 5.41) is 0. The first kappa shape index (κ1) is 19.3. The number of terminal acetylenes is 2. The van der Waals surface area contributed by atoms with Crippen molar-refractivity contribution in [2.75, 3.05) is 5.73 Å². The topological polar surface area (TPSA) is 78.6 Å². The molecule has 3 aromatic rings. The van der Waals surface area contributed by atoms with E-state index >= 15 is 0 Å². The van der Waals surface area contributed by atoms with Gasteiger partial charge in [0.05, 0.1) is 11.1 Å². The van der Waals surface area contributed by atoms with Gasteiger partial charge >= 0.3 is 11.9 Å². The van der Waals surface area contributed by atoms with Crippen molar-refractivity contribution in [3.8, 4) is 36.2 Å². The Hall–Kier alpha value is -4.48. The van der Waals surface area contributed by atoms with Crippen LogP contribution in [0.25, 0.3) is 0 Å². The van der Waals surface area contributed by atoms with Gasteiger partial charge in [-0.3, -0.25) is 0 Å². The largest absolute Gasteiger partial charge is 0.423 e. The number of hydrogen-bond donors (Lipinski definition) is 1. The summed E-state index contributed by atoms with van der Waals surface area (Å²) in [6.07, 6.45) is 10.7. The highest BCUT2D eigenvalue weighted by Gasteiger charge is 2.16. The lowest BCUT2D eigenvalue weighted by Gasteiger charge is -2.09. The number of carbonyl (C=O) groups is 2. The third kappa shape index (κ3) is 4.82. The molecule has 0 radical (unpaired) electrons. The molecule has 0 unspecified atom stereocenters. The van der Waals surface area contributed by atoms with Crippen molar-refractivity contribution in [1.82, 2.24) is 0 Å². The van der Waals surface area contributed by atoms with Crippen LogP contribution in [0.1, 0.15) is 31.8 Å². The molecule has 0 bridgehead atoms. The van der Waals surface area contributed by atoms with Crippen molar-refractivity contribution in [3.63, 3.8) is 0 Å². The van der Waals surface area contributed by atoms with Gasteiger partial charge in [-0.1, -0.05) is 24.0 Å². The normalized spacial score (nSPS) is 9.72. The van der Waals surface area contributed by atoms with Crippen LogP contribution in [0.3, 0.4) is 0 Å². The van der Waals surface area contributed by atoms with Gasteiger partial charge in [0.25, 0.3) is 0 Å². The molecule has 0 spiro atoms. The molecule has 29 heavy (non-hydrogen) atoms. The van der Waals surface area contributed by atoms with Gasteiger partial charge < -0.3 is 15.2 Å². The maximum Gasteiger partial charge on any atom is 0.343 e. The van der Waals surface area contributed by atoms with E-state index in [4.69, 9.17) is 28.1 Å². The Bertz CT molecular complexity index is 1090. The molecule has 5 nitrogen and oxygen atoms in total. The number of benzene rings is 3. The Kier molecular flexibility index (Phi) is 5.64. The minimum Gasteiger partial charge on any atom is -0.423 e. The fraction of sp³-hybridized carbons (Fsp3) is 0. The molecule has 0 saturated carbocycles. The van der Waals surface area contributed by atoms with Gasteiger partial charge in [-0.2, -0.15) is 0 Å². The summed E-state index contributed by atoms with van der Waals surface area (Å²) in [6, 6.07) is 17.2. The van der Waals surface area contributed by atoms with Gasteiger partial charge in [-0.05, 0) is 54.6 Å². The van der Waals surface area contributed by atoms with E-state index < -0.39 is 11.9 Å². The number of nitrogens with two attached hydrogens (primary N) is 1. The molecule has 2 N–H and O–H groups in total. The molecule has 3 aromatic carbocycles. The Balaban J connectivity index is 1.81. The number of anilines is 1. The number of ether oxygens (including phenoxy) is 2. The van der Waals surface area contributed by atoms with E-state index in [9.17, 15) is 9.59 Å². The third-order valence-electron chi connectivity index (χ3n) is 3.85. The lowest BCUT2D eigenvalue weighted by molar-refractivity contribution is 0.0734. The average Bonchev–Trinajstić information content (AvgIpc) is 2.73. The van der Waals surface area contributed by atoms with Crippen molar-refractivity contribution < 1.29 is 19.1 Å². The van der Waals surface area contributed by atoms with Crippen LogP contribution in [0.2, 0.25) is 0 Å². The number of hydrogen-bond acceptors (Lipinski definition) is 5. The molecule has 0 atom stereocenters. The molecule has 0 amide bonds. The first-order chi connectivity index (χ1) is 14.0. The monoisotopic (exact) mass is 381 g/mol. The first-order valence-corrected chi connectivity index (χ1v) is 8.47. The highest BCUT2D eigenvalue weighted by molar-refractivity contribution is 5.98. The summed E-state index contributed by atoms with van der Waals surface area (Å²) in [5.41, 5.74) is 7.39. The van der Waals surface area contributed by atoms with Gasteiger partial charge in [0.2, 0.25) is 0 Å². The summed E-state index contributed by atoms with van der Waals surface area (Å²) >= 11 is 0. The van der Waals surface area contributed by atoms with Crippen molar-refractivity contribution in [1.29, 1.82) is 0 Å². The first-order valence-electron chi connectivity index (χ1n) is 8.47. The zero-order valence-corrected chi connectivity index (χ0v) is 15.2. The molecule has 0 aromatic heterocycles. The molecule has 140 valence electrons. The van der Waals surface area contributed by atoms with Crippen molar-refractivity contribution in [3.05, 3.63) is 89.0 Å². The molecule has 0 saturated heterocycles. The van der Waals surface area contributed by atoms with Crippen molar-refractivity contribution in [2.24, 2.45) is 0 Å². The second-order valence-corrected chi connectivity index (χ2v) is 5.97. The van der Waals surface area contributed by atoms with E-state index in [1.165, 1.54) is 18.2 Å². The number of carbonyl (C=O) groups excluding carboxylic acids is 2. The number of rotatable bonds is 4. The molecule has 0 aliphatic heterocycles. The molecular weight excluding hydrogens is 366 g/mol. The van der Waals surface area contributed by atoms with Crippen molar-refractivity contribution >= 4 is 17.6 Å². The van der Waals surface area contributed by atoms with Crippen LogP contribution in [-0.4, -0.2) is 11.9 Å². The second kappa shape index (κ2) is 8.47. The lowest BCUT2D eigenvalue weighted by Crippen LogP contribution is -2.13. The summed E-state index contributed by atoms with van der Waals surface area (Å²) in [4.78, 5) is 25.0. The van der Waals surface area contributed by atoms with Crippen LogP contribution in [0.15, 0.2) is 66.7 Å². The van der Waals surface area contributed by atoms with E-state index in [2.05, 4.69) is 11.8 Å². The van der Waals surface area contributed by atoms with E-state index in [1.807, 2.05) is 0 Å². The second-order valence-electron chi connectivity index (χ2n) is 5.97. The minimum absolute atomic E-state index is 0.0976. The van der Waals surface area contributed by atoms with Gasteiger partial charge in [-0.15, -0.1) is 12.8 Å². The fourth-order valence-electron chi connectivity index (χ4n) is 2.52.